The third-order valence-electron chi connectivity index (χ3n) is 2.91. The van der Waals surface area contributed by atoms with Gasteiger partial charge in [0.1, 0.15) is 0 Å². The van der Waals surface area contributed by atoms with Crippen molar-refractivity contribution in [3.8, 4) is 0 Å². The van der Waals surface area contributed by atoms with Crippen LogP contribution in [0.15, 0.2) is 0 Å². The zero-order valence-electron chi connectivity index (χ0n) is 7.54. The van der Waals surface area contributed by atoms with Crippen molar-refractivity contribution in [2.45, 2.75) is 38.0 Å². The fourth-order valence-electron chi connectivity index (χ4n) is 2.15. The Labute approximate surface area is 73.9 Å². The molecule has 0 bridgehead atoms. The van der Waals surface area contributed by atoms with Crippen molar-refractivity contribution >= 4 is 0 Å². The van der Waals surface area contributed by atoms with Crippen LogP contribution in [-0.4, -0.2) is 36.9 Å². The van der Waals surface area contributed by atoms with Crippen LogP contribution < -0.4 is 5.73 Å². The van der Waals surface area contributed by atoms with Crippen molar-refractivity contribution in [1.82, 2.24) is 4.90 Å². The number of nitrogens with zero attached hydrogens (tertiary/aromatic N) is 1. The van der Waals surface area contributed by atoms with Crippen molar-refractivity contribution in [2.75, 3.05) is 19.7 Å². The molecule has 2 saturated heterocycles. The van der Waals surface area contributed by atoms with Gasteiger partial charge in [-0.1, -0.05) is 0 Å². The van der Waals surface area contributed by atoms with E-state index in [-0.39, 0.29) is 6.17 Å². The second kappa shape index (κ2) is 3.73. The van der Waals surface area contributed by atoms with Crippen LogP contribution in [0.3, 0.4) is 0 Å². The molecule has 70 valence electrons. The Morgan fingerprint density at radius 1 is 1.25 bits per heavy atom. The minimum Gasteiger partial charge on any atom is -0.375 e. The first-order valence-corrected chi connectivity index (χ1v) is 4.99. The third kappa shape index (κ3) is 1.63. The molecule has 0 aliphatic carbocycles. The van der Waals surface area contributed by atoms with Crippen molar-refractivity contribution in [1.29, 1.82) is 0 Å². The molecule has 0 aromatic heterocycles. The van der Waals surface area contributed by atoms with E-state index in [1.54, 1.807) is 0 Å². The number of hydrogen-bond donors (Lipinski definition) is 1. The highest BCUT2D eigenvalue weighted by atomic mass is 16.5. The Balaban J connectivity index is 1.84. The van der Waals surface area contributed by atoms with Crippen molar-refractivity contribution in [2.24, 2.45) is 5.73 Å². The van der Waals surface area contributed by atoms with E-state index >= 15 is 0 Å². The van der Waals surface area contributed by atoms with Gasteiger partial charge in [-0.3, -0.25) is 4.90 Å². The second-order valence-electron chi connectivity index (χ2n) is 3.79. The summed E-state index contributed by atoms with van der Waals surface area (Å²) < 4.78 is 5.56. The Kier molecular flexibility index (Phi) is 2.63. The first-order chi connectivity index (χ1) is 5.88. The Morgan fingerprint density at radius 2 is 2.00 bits per heavy atom. The summed E-state index contributed by atoms with van der Waals surface area (Å²) >= 11 is 0. The topological polar surface area (TPSA) is 38.5 Å². The summed E-state index contributed by atoms with van der Waals surface area (Å²) in [7, 11) is 0. The molecule has 2 atom stereocenters. The summed E-state index contributed by atoms with van der Waals surface area (Å²) in [5, 5.41) is 0. The van der Waals surface area contributed by atoms with Gasteiger partial charge in [0.25, 0.3) is 0 Å². The highest BCUT2D eigenvalue weighted by Gasteiger charge is 2.28. The van der Waals surface area contributed by atoms with E-state index in [2.05, 4.69) is 4.90 Å². The number of rotatable bonds is 2. The van der Waals surface area contributed by atoms with Gasteiger partial charge in [-0.15, -0.1) is 0 Å². The van der Waals surface area contributed by atoms with Gasteiger partial charge >= 0.3 is 0 Å². The molecule has 2 aliphatic rings. The van der Waals surface area contributed by atoms with Gasteiger partial charge in [-0.05, 0) is 38.8 Å². The van der Waals surface area contributed by atoms with Crippen LogP contribution in [0.2, 0.25) is 0 Å². The van der Waals surface area contributed by atoms with Crippen LogP contribution in [0.1, 0.15) is 25.7 Å². The fraction of sp³-hybridized carbons (Fsp3) is 1.00. The van der Waals surface area contributed by atoms with E-state index in [4.69, 9.17) is 10.5 Å². The quantitative estimate of drug-likeness (QED) is 0.657. The van der Waals surface area contributed by atoms with E-state index in [1.807, 2.05) is 0 Å². The van der Waals surface area contributed by atoms with Crippen molar-refractivity contribution < 1.29 is 4.74 Å². The SMILES string of the molecule is NC(C1CCCO1)N1CCCC1. The third-order valence-corrected chi connectivity index (χ3v) is 2.91. The Morgan fingerprint density at radius 3 is 2.58 bits per heavy atom. The molecule has 0 aromatic carbocycles. The van der Waals surface area contributed by atoms with Crippen molar-refractivity contribution in [3.05, 3.63) is 0 Å². The fourth-order valence-corrected chi connectivity index (χ4v) is 2.15. The highest BCUT2D eigenvalue weighted by Crippen LogP contribution is 2.19. The smallest absolute Gasteiger partial charge is 0.0860 e. The lowest BCUT2D eigenvalue weighted by molar-refractivity contribution is 0.0356. The number of hydrogen-bond acceptors (Lipinski definition) is 3. The maximum Gasteiger partial charge on any atom is 0.0860 e. The van der Waals surface area contributed by atoms with E-state index in [9.17, 15) is 0 Å². The molecule has 2 N–H and O–H groups in total. The molecule has 0 saturated carbocycles. The number of nitrogens with two attached hydrogens (primary N) is 1. The van der Waals surface area contributed by atoms with Crippen LogP contribution in [0, 0.1) is 0 Å². The van der Waals surface area contributed by atoms with Crippen LogP contribution in [-0.2, 0) is 4.74 Å². The van der Waals surface area contributed by atoms with Crippen LogP contribution in [0.25, 0.3) is 0 Å². The summed E-state index contributed by atoms with van der Waals surface area (Å²) in [4.78, 5) is 2.36. The molecule has 2 aliphatic heterocycles. The average Bonchev–Trinajstić information content (AvgIpc) is 2.77. The lowest BCUT2D eigenvalue weighted by Gasteiger charge is -2.27. The minimum atomic E-state index is 0.162. The van der Waals surface area contributed by atoms with Gasteiger partial charge in [-0.25, -0.2) is 0 Å². The van der Waals surface area contributed by atoms with E-state index in [0.717, 1.165) is 13.0 Å². The van der Waals surface area contributed by atoms with Crippen LogP contribution in [0.4, 0.5) is 0 Å². The monoisotopic (exact) mass is 170 g/mol. The predicted octanol–water partition coefficient (Wildman–Crippen LogP) is 0.546. The van der Waals surface area contributed by atoms with Crippen LogP contribution >= 0.6 is 0 Å². The van der Waals surface area contributed by atoms with Gasteiger partial charge in [0, 0.05) is 6.61 Å². The largest absolute Gasteiger partial charge is 0.375 e. The first kappa shape index (κ1) is 8.48. The maximum atomic E-state index is 6.09. The van der Waals surface area contributed by atoms with E-state index in [0.29, 0.717) is 6.10 Å². The standard InChI is InChI=1S/C9H18N2O/c10-9(8-4-3-7-12-8)11-5-1-2-6-11/h8-9H,1-7,10H2. The molecule has 0 amide bonds. The molecular weight excluding hydrogens is 152 g/mol. The molecule has 2 heterocycles. The molecule has 2 unspecified atom stereocenters. The van der Waals surface area contributed by atoms with Gasteiger partial charge in [0.2, 0.25) is 0 Å². The molecule has 0 spiro atoms. The Bertz CT molecular complexity index is 123. The van der Waals surface area contributed by atoms with Crippen LogP contribution in [0.5, 0.6) is 0 Å². The first-order valence-electron chi connectivity index (χ1n) is 4.99. The van der Waals surface area contributed by atoms with E-state index < -0.39 is 0 Å². The zero-order valence-corrected chi connectivity index (χ0v) is 7.54. The van der Waals surface area contributed by atoms with E-state index in [1.165, 1.54) is 32.4 Å². The van der Waals surface area contributed by atoms with Gasteiger partial charge in [-0.2, -0.15) is 0 Å². The van der Waals surface area contributed by atoms with Crippen molar-refractivity contribution in [3.63, 3.8) is 0 Å². The predicted molar refractivity (Wildman–Crippen MR) is 47.8 cm³/mol. The molecule has 2 fully saturated rings. The normalized spacial score (nSPS) is 34.2. The Hall–Kier alpha value is -0.120. The van der Waals surface area contributed by atoms with Gasteiger partial charge in [0.05, 0.1) is 12.3 Å². The molecule has 2 rings (SSSR count). The lowest BCUT2D eigenvalue weighted by atomic mass is 10.2. The molecule has 3 heteroatoms. The highest BCUT2D eigenvalue weighted by molar-refractivity contribution is 4.80. The molecule has 12 heavy (non-hydrogen) atoms. The summed E-state index contributed by atoms with van der Waals surface area (Å²) in [5.41, 5.74) is 6.09. The molecule has 0 aromatic rings. The second-order valence-corrected chi connectivity index (χ2v) is 3.79. The summed E-state index contributed by atoms with van der Waals surface area (Å²) in [6, 6.07) is 0. The molecule has 3 nitrogen and oxygen atoms in total. The van der Waals surface area contributed by atoms with Gasteiger partial charge < -0.3 is 10.5 Å². The minimum absolute atomic E-state index is 0.162. The number of likely N-dealkylation sites (tertiary alicyclic amines) is 1. The summed E-state index contributed by atoms with van der Waals surface area (Å²) in [6.45, 7) is 3.24. The molecule has 0 radical (unpaired) electrons. The summed E-state index contributed by atoms with van der Waals surface area (Å²) in [6.07, 6.45) is 5.42. The number of ether oxygens (including phenoxy) is 1. The summed E-state index contributed by atoms with van der Waals surface area (Å²) in [5.74, 6) is 0. The average molecular weight is 170 g/mol. The van der Waals surface area contributed by atoms with Gasteiger partial charge in [0.15, 0.2) is 0 Å². The molecular formula is C9H18N2O. The maximum absolute atomic E-state index is 6.09. The lowest BCUT2D eigenvalue weighted by Crippen LogP contribution is -2.48. The zero-order chi connectivity index (χ0) is 8.39.